The van der Waals surface area contributed by atoms with Gasteiger partial charge in [-0.1, -0.05) is 42.1 Å². The van der Waals surface area contributed by atoms with Gasteiger partial charge >= 0.3 is 0 Å². The van der Waals surface area contributed by atoms with Crippen LogP contribution in [0.3, 0.4) is 0 Å². The number of hydrogen-bond donors (Lipinski definition) is 0. The summed E-state index contributed by atoms with van der Waals surface area (Å²) in [5.74, 6) is -0.199. The lowest BCUT2D eigenvalue weighted by Crippen LogP contribution is -1.76. The molecule has 0 spiro atoms. The minimum atomic E-state index is -0.199. The Balaban J connectivity index is 2.09. The zero-order chi connectivity index (χ0) is 12.1. The van der Waals surface area contributed by atoms with Crippen molar-refractivity contribution in [1.82, 2.24) is 0 Å². The standard InChI is InChI=1S/C15H13FS/c1-12(17-15-5-3-2-4-6-15)11-13-7-9-14(16)10-8-13/h2-11H,1H3/b12-11-. The first-order chi connectivity index (χ1) is 8.24. The van der Waals surface area contributed by atoms with Crippen molar-refractivity contribution >= 4 is 17.8 Å². The molecule has 86 valence electrons. The third kappa shape index (κ3) is 3.75. The largest absolute Gasteiger partial charge is 0.207 e. The monoisotopic (exact) mass is 244 g/mol. The Labute approximate surface area is 105 Å². The van der Waals surface area contributed by atoms with E-state index in [0.29, 0.717) is 0 Å². The summed E-state index contributed by atoms with van der Waals surface area (Å²) in [4.78, 5) is 2.39. The molecule has 2 aromatic carbocycles. The highest BCUT2D eigenvalue weighted by molar-refractivity contribution is 8.03. The molecule has 0 aromatic heterocycles. The molecule has 0 aliphatic rings. The molecule has 2 aromatic rings. The van der Waals surface area contributed by atoms with Crippen LogP contribution in [0, 0.1) is 5.82 Å². The first-order valence-electron chi connectivity index (χ1n) is 5.41. The zero-order valence-corrected chi connectivity index (χ0v) is 10.4. The number of allylic oxidation sites excluding steroid dienone is 1. The van der Waals surface area contributed by atoms with Crippen LogP contribution >= 0.6 is 11.8 Å². The average molecular weight is 244 g/mol. The summed E-state index contributed by atoms with van der Waals surface area (Å²) in [7, 11) is 0. The second-order valence-corrected chi connectivity index (χ2v) is 5.04. The zero-order valence-electron chi connectivity index (χ0n) is 9.56. The molecule has 0 atom stereocenters. The summed E-state index contributed by atoms with van der Waals surface area (Å²) >= 11 is 1.71. The predicted octanol–water partition coefficient (Wildman–Crippen LogP) is 4.98. The van der Waals surface area contributed by atoms with E-state index < -0.39 is 0 Å². The Morgan fingerprint density at radius 2 is 1.65 bits per heavy atom. The Morgan fingerprint density at radius 3 is 2.29 bits per heavy atom. The first kappa shape index (κ1) is 11.9. The molecule has 2 heteroatoms. The van der Waals surface area contributed by atoms with Gasteiger partial charge in [-0.3, -0.25) is 0 Å². The molecule has 0 saturated carbocycles. The molecule has 0 N–H and O–H groups in total. The van der Waals surface area contributed by atoms with Gasteiger partial charge in [0.15, 0.2) is 0 Å². The molecule has 0 nitrogen and oxygen atoms in total. The van der Waals surface area contributed by atoms with E-state index in [0.717, 1.165) is 5.56 Å². The van der Waals surface area contributed by atoms with Gasteiger partial charge in [0.25, 0.3) is 0 Å². The molecule has 0 saturated heterocycles. The Bertz CT molecular complexity index is 500. The van der Waals surface area contributed by atoms with E-state index in [1.165, 1.54) is 21.9 Å². The summed E-state index contributed by atoms with van der Waals surface area (Å²) in [6.07, 6.45) is 2.05. The van der Waals surface area contributed by atoms with Crippen LogP contribution in [-0.4, -0.2) is 0 Å². The van der Waals surface area contributed by atoms with Gasteiger partial charge in [0.05, 0.1) is 0 Å². The van der Waals surface area contributed by atoms with Crippen molar-refractivity contribution in [2.75, 3.05) is 0 Å². The highest BCUT2D eigenvalue weighted by atomic mass is 32.2. The van der Waals surface area contributed by atoms with Crippen molar-refractivity contribution in [3.8, 4) is 0 Å². The van der Waals surface area contributed by atoms with E-state index in [9.17, 15) is 4.39 Å². The smallest absolute Gasteiger partial charge is 0.123 e. The van der Waals surface area contributed by atoms with Gasteiger partial charge in [-0.05, 0) is 47.7 Å². The van der Waals surface area contributed by atoms with Crippen molar-refractivity contribution in [1.29, 1.82) is 0 Å². The van der Waals surface area contributed by atoms with Gasteiger partial charge in [-0.2, -0.15) is 0 Å². The normalized spacial score (nSPS) is 11.5. The molecule has 0 aliphatic heterocycles. The summed E-state index contributed by atoms with van der Waals surface area (Å²) in [6.45, 7) is 2.06. The number of halogens is 1. The van der Waals surface area contributed by atoms with Gasteiger partial charge in [-0.15, -0.1) is 0 Å². The van der Waals surface area contributed by atoms with Crippen LogP contribution in [0.15, 0.2) is 64.4 Å². The van der Waals surface area contributed by atoms with Crippen molar-refractivity contribution in [2.24, 2.45) is 0 Å². The molecule has 0 unspecified atom stereocenters. The van der Waals surface area contributed by atoms with Crippen molar-refractivity contribution in [3.05, 3.63) is 70.9 Å². The Kier molecular flexibility index (Phi) is 3.99. The fourth-order valence-corrected chi connectivity index (χ4v) is 2.36. The van der Waals surface area contributed by atoms with Crippen LogP contribution in [0.25, 0.3) is 6.08 Å². The van der Waals surface area contributed by atoms with Gasteiger partial charge in [0.1, 0.15) is 5.82 Å². The number of rotatable bonds is 3. The summed E-state index contributed by atoms with van der Waals surface area (Å²) in [6, 6.07) is 16.7. The van der Waals surface area contributed by atoms with E-state index in [1.54, 1.807) is 23.9 Å². The van der Waals surface area contributed by atoms with Crippen molar-refractivity contribution in [3.63, 3.8) is 0 Å². The quantitative estimate of drug-likeness (QED) is 0.686. The number of hydrogen-bond acceptors (Lipinski definition) is 1. The molecule has 0 amide bonds. The van der Waals surface area contributed by atoms with E-state index in [1.807, 2.05) is 18.2 Å². The maximum absolute atomic E-state index is 12.7. The van der Waals surface area contributed by atoms with E-state index >= 15 is 0 Å². The van der Waals surface area contributed by atoms with E-state index in [-0.39, 0.29) is 5.82 Å². The minimum absolute atomic E-state index is 0.199. The maximum Gasteiger partial charge on any atom is 0.123 e. The molecule has 2 rings (SSSR count). The fraction of sp³-hybridized carbons (Fsp3) is 0.0667. The lowest BCUT2D eigenvalue weighted by Gasteiger charge is -2.01. The van der Waals surface area contributed by atoms with Gasteiger partial charge < -0.3 is 0 Å². The molecule has 0 bridgehead atoms. The van der Waals surface area contributed by atoms with Crippen LogP contribution in [0.2, 0.25) is 0 Å². The van der Waals surface area contributed by atoms with E-state index in [2.05, 4.69) is 25.1 Å². The van der Waals surface area contributed by atoms with Crippen LogP contribution in [-0.2, 0) is 0 Å². The molecular weight excluding hydrogens is 231 g/mol. The lowest BCUT2D eigenvalue weighted by atomic mass is 10.2. The van der Waals surface area contributed by atoms with Crippen LogP contribution in [0.1, 0.15) is 12.5 Å². The summed E-state index contributed by atoms with van der Waals surface area (Å²) in [5, 5.41) is 0. The summed E-state index contributed by atoms with van der Waals surface area (Å²) < 4.78 is 12.7. The highest BCUT2D eigenvalue weighted by Gasteiger charge is 1.96. The van der Waals surface area contributed by atoms with Crippen LogP contribution in [0.4, 0.5) is 4.39 Å². The van der Waals surface area contributed by atoms with Crippen molar-refractivity contribution in [2.45, 2.75) is 11.8 Å². The van der Waals surface area contributed by atoms with E-state index in [4.69, 9.17) is 0 Å². The molecule has 0 fully saturated rings. The third-order valence-corrected chi connectivity index (χ3v) is 3.21. The lowest BCUT2D eigenvalue weighted by molar-refractivity contribution is 0.628. The van der Waals surface area contributed by atoms with Crippen molar-refractivity contribution < 1.29 is 4.39 Å². The molecule has 0 aliphatic carbocycles. The molecule has 17 heavy (non-hydrogen) atoms. The average Bonchev–Trinajstić information content (AvgIpc) is 2.33. The SMILES string of the molecule is C/C(=C/c1ccc(F)cc1)Sc1ccccc1. The summed E-state index contributed by atoms with van der Waals surface area (Å²) in [5.41, 5.74) is 1.02. The first-order valence-corrected chi connectivity index (χ1v) is 6.22. The number of benzene rings is 2. The minimum Gasteiger partial charge on any atom is -0.207 e. The number of thioether (sulfide) groups is 1. The second kappa shape index (κ2) is 5.69. The van der Waals surface area contributed by atoms with Crippen LogP contribution < -0.4 is 0 Å². The second-order valence-electron chi connectivity index (χ2n) is 3.72. The van der Waals surface area contributed by atoms with Gasteiger partial charge in [0.2, 0.25) is 0 Å². The third-order valence-electron chi connectivity index (χ3n) is 2.26. The molecular formula is C15H13FS. The van der Waals surface area contributed by atoms with Gasteiger partial charge in [0, 0.05) is 4.90 Å². The topological polar surface area (TPSA) is 0 Å². The fourth-order valence-electron chi connectivity index (χ4n) is 1.50. The molecule has 0 heterocycles. The highest BCUT2D eigenvalue weighted by Crippen LogP contribution is 2.27. The predicted molar refractivity (Wildman–Crippen MR) is 72.4 cm³/mol. The molecule has 0 radical (unpaired) electrons. The van der Waals surface area contributed by atoms with Crippen LogP contribution in [0.5, 0.6) is 0 Å². The Morgan fingerprint density at radius 1 is 1.00 bits per heavy atom. The van der Waals surface area contributed by atoms with Gasteiger partial charge in [-0.25, -0.2) is 4.39 Å². The Hall–Kier alpha value is -1.54. The maximum atomic E-state index is 12.7.